The van der Waals surface area contributed by atoms with E-state index >= 15 is 0 Å². The van der Waals surface area contributed by atoms with Crippen LogP contribution < -0.4 is 9.47 Å². The quantitative estimate of drug-likeness (QED) is 0.361. The molecule has 0 aliphatic carbocycles. The van der Waals surface area contributed by atoms with Gasteiger partial charge >= 0.3 is 5.97 Å². The van der Waals surface area contributed by atoms with E-state index in [0.29, 0.717) is 28.6 Å². The van der Waals surface area contributed by atoms with Crippen molar-refractivity contribution < 1.29 is 23.5 Å². The number of thiophene rings is 1. The van der Waals surface area contributed by atoms with E-state index in [-0.39, 0.29) is 19.0 Å². The minimum atomic E-state index is -0.375. The van der Waals surface area contributed by atoms with Crippen LogP contribution in [0.15, 0.2) is 51.7 Å². The highest BCUT2D eigenvalue weighted by atomic mass is 32.1. The molecular weight excluding hydrogens is 424 g/mol. The summed E-state index contributed by atoms with van der Waals surface area (Å²) in [6.45, 7) is 0.0559. The summed E-state index contributed by atoms with van der Waals surface area (Å²) in [6, 6.07) is 11.2. The Hall–Kier alpha value is -3.17. The zero-order chi connectivity index (χ0) is 20.9. The first kappa shape index (κ1) is 20.1. The zero-order valence-electron chi connectivity index (χ0n) is 16.3. The Balaban J connectivity index is 1.35. The van der Waals surface area contributed by atoms with Gasteiger partial charge in [-0.2, -0.15) is 0 Å². The molecule has 30 heavy (non-hydrogen) atoms. The maximum Gasteiger partial charge on any atom is 0.312 e. The van der Waals surface area contributed by atoms with Gasteiger partial charge in [-0.15, -0.1) is 22.7 Å². The summed E-state index contributed by atoms with van der Waals surface area (Å²) in [5.41, 5.74) is 2.10. The highest BCUT2D eigenvalue weighted by molar-refractivity contribution is 7.13. The molecule has 0 unspecified atom stereocenters. The van der Waals surface area contributed by atoms with Crippen LogP contribution in [0.4, 0.5) is 0 Å². The highest BCUT2D eigenvalue weighted by Gasteiger charge is 2.14. The van der Waals surface area contributed by atoms with Gasteiger partial charge < -0.3 is 18.7 Å². The van der Waals surface area contributed by atoms with Crippen molar-refractivity contribution >= 4 is 28.6 Å². The maximum absolute atomic E-state index is 12.2. The molecule has 0 amide bonds. The molecule has 9 heteroatoms. The molecule has 0 N–H and O–H groups in total. The number of ether oxygens (including phenoxy) is 3. The summed E-state index contributed by atoms with van der Waals surface area (Å²) >= 11 is 3.01. The first-order valence-corrected chi connectivity index (χ1v) is 10.7. The van der Waals surface area contributed by atoms with Crippen LogP contribution in [0.3, 0.4) is 0 Å². The van der Waals surface area contributed by atoms with E-state index in [1.807, 2.05) is 41.1 Å². The number of esters is 1. The number of aromatic nitrogens is 2. The lowest BCUT2D eigenvalue weighted by Crippen LogP contribution is -2.08. The van der Waals surface area contributed by atoms with Crippen molar-refractivity contribution in [2.45, 2.75) is 13.0 Å². The number of benzene rings is 1. The fourth-order valence-corrected chi connectivity index (χ4v) is 4.25. The average Bonchev–Trinajstić information content (AvgIpc) is 3.53. The molecule has 3 heterocycles. The minimum Gasteiger partial charge on any atom is -0.493 e. The number of carbonyl (C=O) groups is 1. The minimum absolute atomic E-state index is 0.0559. The van der Waals surface area contributed by atoms with Crippen molar-refractivity contribution in [3.8, 4) is 32.7 Å². The molecule has 0 aliphatic rings. The predicted molar refractivity (Wildman–Crippen MR) is 114 cm³/mol. The number of rotatable bonds is 8. The number of carbonyl (C=O) groups excluding carboxylic acids is 1. The van der Waals surface area contributed by atoms with Crippen LogP contribution >= 0.6 is 22.7 Å². The van der Waals surface area contributed by atoms with Crippen LogP contribution in [0.5, 0.6) is 11.5 Å². The Morgan fingerprint density at radius 1 is 1.07 bits per heavy atom. The molecule has 3 aromatic heterocycles. The molecule has 0 radical (unpaired) electrons. The van der Waals surface area contributed by atoms with Crippen molar-refractivity contribution in [1.82, 2.24) is 10.1 Å². The lowest BCUT2D eigenvalue weighted by molar-refractivity contribution is -0.144. The Kier molecular flexibility index (Phi) is 6.10. The second-order valence-corrected chi connectivity index (χ2v) is 8.02. The highest BCUT2D eigenvalue weighted by Crippen LogP contribution is 2.33. The number of thiazole rings is 1. The third-order valence-electron chi connectivity index (χ3n) is 4.21. The van der Waals surface area contributed by atoms with Gasteiger partial charge in [0.25, 0.3) is 0 Å². The molecule has 154 valence electrons. The lowest BCUT2D eigenvalue weighted by atomic mass is 10.2. The summed E-state index contributed by atoms with van der Waals surface area (Å²) in [6.07, 6.45) is 0.0828. The number of nitrogens with zero attached hydrogens (tertiary/aromatic N) is 2. The Labute approximate surface area is 180 Å². The van der Waals surface area contributed by atoms with Gasteiger partial charge in [0.1, 0.15) is 17.3 Å². The van der Waals surface area contributed by atoms with Crippen molar-refractivity contribution in [3.05, 3.63) is 58.5 Å². The lowest BCUT2D eigenvalue weighted by Gasteiger charge is -2.08. The van der Waals surface area contributed by atoms with Gasteiger partial charge in [-0.05, 0) is 29.6 Å². The molecule has 0 saturated heterocycles. The predicted octanol–water partition coefficient (Wildman–Crippen LogP) is 4.83. The summed E-state index contributed by atoms with van der Waals surface area (Å²) in [7, 11) is 3.18. The van der Waals surface area contributed by atoms with Crippen LogP contribution in [0.25, 0.3) is 21.2 Å². The van der Waals surface area contributed by atoms with Crippen LogP contribution in [0.2, 0.25) is 0 Å². The van der Waals surface area contributed by atoms with E-state index in [2.05, 4.69) is 10.1 Å². The molecule has 7 nitrogen and oxygen atoms in total. The Morgan fingerprint density at radius 3 is 2.70 bits per heavy atom. The second-order valence-electron chi connectivity index (χ2n) is 6.21. The zero-order valence-corrected chi connectivity index (χ0v) is 17.9. The Bertz CT molecular complexity index is 1130. The SMILES string of the molecule is COc1ccc(-c2nc(CC(=O)OCc3cc(-c4cccs4)on3)cs2)cc1OC. The van der Waals surface area contributed by atoms with E-state index < -0.39 is 0 Å². The summed E-state index contributed by atoms with van der Waals surface area (Å²) in [5.74, 6) is 1.56. The molecule has 0 fully saturated rings. The molecule has 0 spiro atoms. The van der Waals surface area contributed by atoms with Crippen LogP contribution in [0, 0.1) is 0 Å². The van der Waals surface area contributed by atoms with Gasteiger partial charge in [0.2, 0.25) is 0 Å². The third-order valence-corrected chi connectivity index (χ3v) is 6.04. The van der Waals surface area contributed by atoms with Crippen LogP contribution in [0.1, 0.15) is 11.4 Å². The fourth-order valence-electron chi connectivity index (χ4n) is 2.76. The van der Waals surface area contributed by atoms with E-state index in [1.54, 1.807) is 31.6 Å². The number of hydrogen-bond donors (Lipinski definition) is 0. The van der Waals surface area contributed by atoms with Gasteiger partial charge in [-0.25, -0.2) is 4.98 Å². The first-order valence-electron chi connectivity index (χ1n) is 8.98. The fraction of sp³-hybridized carbons (Fsp3) is 0.190. The molecule has 0 aliphatic heterocycles. The van der Waals surface area contributed by atoms with Crippen molar-refractivity contribution in [1.29, 1.82) is 0 Å². The van der Waals surface area contributed by atoms with Gasteiger partial charge in [0, 0.05) is 17.0 Å². The second kappa shape index (κ2) is 9.10. The normalized spacial score (nSPS) is 10.7. The smallest absolute Gasteiger partial charge is 0.312 e. The molecule has 4 aromatic rings. The van der Waals surface area contributed by atoms with Crippen LogP contribution in [-0.2, 0) is 22.6 Å². The van der Waals surface area contributed by atoms with Crippen molar-refractivity contribution in [2.75, 3.05) is 14.2 Å². The van der Waals surface area contributed by atoms with Gasteiger partial charge in [0.05, 0.1) is 31.2 Å². The topological polar surface area (TPSA) is 83.7 Å². The van der Waals surface area contributed by atoms with E-state index in [4.69, 9.17) is 18.7 Å². The van der Waals surface area contributed by atoms with Gasteiger partial charge in [0.15, 0.2) is 17.3 Å². The molecule has 0 atom stereocenters. The third kappa shape index (κ3) is 4.52. The molecule has 0 bridgehead atoms. The summed E-state index contributed by atoms with van der Waals surface area (Å²) in [5, 5.41) is 8.54. The largest absolute Gasteiger partial charge is 0.493 e. The van der Waals surface area contributed by atoms with E-state index in [0.717, 1.165) is 15.4 Å². The average molecular weight is 443 g/mol. The van der Waals surface area contributed by atoms with E-state index in [9.17, 15) is 4.79 Å². The van der Waals surface area contributed by atoms with E-state index in [1.165, 1.54) is 11.3 Å². The standard InChI is InChI=1S/C21H18N2O5S2/c1-25-16-6-5-13(8-17(16)26-2)21-22-15(12-30-21)10-20(24)27-11-14-9-18(28-23-14)19-4-3-7-29-19/h3-9,12H,10-11H2,1-2H3. The van der Waals surface area contributed by atoms with Crippen LogP contribution in [-0.4, -0.2) is 30.3 Å². The summed E-state index contributed by atoms with van der Waals surface area (Å²) < 4.78 is 21.2. The first-order chi connectivity index (χ1) is 14.7. The number of hydrogen-bond acceptors (Lipinski definition) is 9. The summed E-state index contributed by atoms with van der Waals surface area (Å²) in [4.78, 5) is 17.7. The number of methoxy groups -OCH3 is 2. The monoisotopic (exact) mass is 442 g/mol. The molecule has 1 aromatic carbocycles. The van der Waals surface area contributed by atoms with Crippen molar-refractivity contribution in [2.24, 2.45) is 0 Å². The van der Waals surface area contributed by atoms with Crippen molar-refractivity contribution in [3.63, 3.8) is 0 Å². The molecular formula is C21H18N2O5S2. The Morgan fingerprint density at radius 2 is 1.93 bits per heavy atom. The maximum atomic E-state index is 12.2. The van der Waals surface area contributed by atoms with Gasteiger partial charge in [-0.3, -0.25) is 4.79 Å². The van der Waals surface area contributed by atoms with Gasteiger partial charge in [-0.1, -0.05) is 11.2 Å². The molecule has 0 saturated carbocycles. The molecule has 4 rings (SSSR count).